The second-order valence-corrected chi connectivity index (χ2v) is 6.37. The molecule has 1 amide bonds. The smallest absolute Gasteiger partial charge is 0.331 e. The molecule has 0 aliphatic heterocycles. The van der Waals surface area contributed by atoms with Crippen LogP contribution in [0.3, 0.4) is 0 Å². The normalized spacial score (nSPS) is 11.7. The van der Waals surface area contributed by atoms with Gasteiger partial charge < -0.3 is 19.5 Å². The van der Waals surface area contributed by atoms with E-state index in [4.69, 9.17) is 14.2 Å². The van der Waals surface area contributed by atoms with Gasteiger partial charge in [-0.3, -0.25) is 4.79 Å². The second kappa shape index (κ2) is 11.5. The molecule has 0 radical (unpaired) electrons. The molecule has 29 heavy (non-hydrogen) atoms. The first-order valence-electron chi connectivity index (χ1n) is 9.48. The van der Waals surface area contributed by atoms with Crippen LogP contribution >= 0.6 is 0 Å². The number of benzene rings is 2. The van der Waals surface area contributed by atoms with Crippen LogP contribution in [0.2, 0.25) is 0 Å². The first kappa shape index (κ1) is 22.0. The van der Waals surface area contributed by atoms with E-state index in [1.165, 1.54) is 13.2 Å². The van der Waals surface area contributed by atoms with E-state index in [9.17, 15) is 9.59 Å². The van der Waals surface area contributed by atoms with Gasteiger partial charge in [0.15, 0.2) is 6.61 Å². The molecule has 154 valence electrons. The summed E-state index contributed by atoms with van der Waals surface area (Å²) in [6, 6.07) is 14.9. The lowest BCUT2D eigenvalue weighted by Crippen LogP contribution is -2.32. The molecule has 0 aromatic heterocycles. The molecule has 2 aromatic rings. The third-order valence-electron chi connectivity index (χ3n) is 4.30. The Labute approximate surface area is 171 Å². The number of ether oxygens (including phenoxy) is 3. The Hall–Kier alpha value is -3.28. The fourth-order valence-corrected chi connectivity index (χ4v) is 2.83. The minimum Gasteiger partial charge on any atom is -0.497 e. The first-order valence-corrected chi connectivity index (χ1v) is 9.48. The fraction of sp³-hybridized carbons (Fsp3) is 0.304. The molecule has 0 spiro atoms. The molecular weight excluding hydrogens is 370 g/mol. The quantitative estimate of drug-likeness (QED) is 0.486. The number of amides is 1. The summed E-state index contributed by atoms with van der Waals surface area (Å²) in [5.41, 5.74) is 1.72. The van der Waals surface area contributed by atoms with Crippen molar-refractivity contribution in [1.82, 2.24) is 5.32 Å². The number of nitrogens with one attached hydrogen (secondary N) is 1. The van der Waals surface area contributed by atoms with Gasteiger partial charge in [0.05, 0.1) is 20.3 Å². The Balaban J connectivity index is 1.89. The standard InChI is InChI=1S/C23H27NO5/c1-4-8-20(17-9-6-5-7-10-17)24-22(25)16-29-23(26)14-12-18-11-13-19(27-2)15-21(18)28-3/h5-7,9-15,20H,4,8,16H2,1-3H3,(H,24,25)/b14-12+. The van der Waals surface area contributed by atoms with Gasteiger partial charge in [-0.1, -0.05) is 43.7 Å². The van der Waals surface area contributed by atoms with E-state index >= 15 is 0 Å². The average molecular weight is 397 g/mol. The van der Waals surface area contributed by atoms with Gasteiger partial charge in [0.2, 0.25) is 0 Å². The zero-order chi connectivity index (χ0) is 21.1. The van der Waals surface area contributed by atoms with Crippen LogP contribution in [-0.4, -0.2) is 32.7 Å². The first-order chi connectivity index (χ1) is 14.1. The largest absolute Gasteiger partial charge is 0.497 e. The van der Waals surface area contributed by atoms with Crippen molar-refractivity contribution in [1.29, 1.82) is 0 Å². The number of rotatable bonds is 10. The molecule has 0 aliphatic carbocycles. The molecule has 0 aliphatic rings. The van der Waals surface area contributed by atoms with Gasteiger partial charge in [-0.25, -0.2) is 4.79 Å². The molecular formula is C23H27NO5. The van der Waals surface area contributed by atoms with Crippen molar-refractivity contribution < 1.29 is 23.8 Å². The minimum atomic E-state index is -0.607. The lowest BCUT2D eigenvalue weighted by Gasteiger charge is -2.18. The summed E-state index contributed by atoms with van der Waals surface area (Å²) in [5, 5.41) is 2.92. The molecule has 0 fully saturated rings. The van der Waals surface area contributed by atoms with Gasteiger partial charge >= 0.3 is 5.97 Å². The Kier molecular flexibility index (Phi) is 8.76. The summed E-state index contributed by atoms with van der Waals surface area (Å²) in [4.78, 5) is 24.2. The van der Waals surface area contributed by atoms with Gasteiger partial charge in [-0.2, -0.15) is 0 Å². The Morgan fingerprint density at radius 3 is 2.48 bits per heavy atom. The van der Waals surface area contributed by atoms with Gasteiger partial charge in [0.1, 0.15) is 11.5 Å². The van der Waals surface area contributed by atoms with E-state index in [1.807, 2.05) is 30.3 Å². The summed E-state index contributed by atoms with van der Waals surface area (Å²) in [5.74, 6) is 0.274. The summed E-state index contributed by atoms with van der Waals surface area (Å²) in [6.45, 7) is 1.72. The van der Waals surface area contributed by atoms with E-state index in [-0.39, 0.29) is 18.6 Å². The highest BCUT2D eigenvalue weighted by molar-refractivity contribution is 5.89. The lowest BCUT2D eigenvalue weighted by molar-refractivity contribution is -0.144. The summed E-state index contributed by atoms with van der Waals surface area (Å²) in [6.07, 6.45) is 4.56. The highest BCUT2D eigenvalue weighted by atomic mass is 16.5. The maximum Gasteiger partial charge on any atom is 0.331 e. The molecule has 0 bridgehead atoms. The predicted molar refractivity (Wildman–Crippen MR) is 112 cm³/mol. The van der Waals surface area contributed by atoms with E-state index in [2.05, 4.69) is 12.2 Å². The third kappa shape index (κ3) is 6.99. The highest BCUT2D eigenvalue weighted by Crippen LogP contribution is 2.25. The van der Waals surface area contributed by atoms with Gasteiger partial charge in [-0.15, -0.1) is 0 Å². The summed E-state index contributed by atoms with van der Waals surface area (Å²) in [7, 11) is 3.10. The maximum atomic E-state index is 12.2. The van der Waals surface area contributed by atoms with E-state index in [0.29, 0.717) is 17.1 Å². The van der Waals surface area contributed by atoms with Crippen LogP contribution in [0.1, 0.15) is 36.9 Å². The number of methoxy groups -OCH3 is 2. The van der Waals surface area contributed by atoms with Crippen molar-refractivity contribution >= 4 is 18.0 Å². The molecule has 0 saturated heterocycles. The molecule has 0 heterocycles. The van der Waals surface area contributed by atoms with Crippen LogP contribution in [0.25, 0.3) is 6.08 Å². The van der Waals surface area contributed by atoms with Gasteiger partial charge in [-0.05, 0) is 30.2 Å². The molecule has 6 nitrogen and oxygen atoms in total. The SMILES string of the molecule is CCCC(NC(=O)COC(=O)/C=C/c1ccc(OC)cc1OC)c1ccccc1. The molecule has 6 heteroatoms. The summed E-state index contributed by atoms with van der Waals surface area (Å²) >= 11 is 0. The van der Waals surface area contributed by atoms with Crippen LogP contribution in [0.15, 0.2) is 54.6 Å². The topological polar surface area (TPSA) is 73.9 Å². The van der Waals surface area contributed by atoms with Crippen LogP contribution in [0.5, 0.6) is 11.5 Å². The lowest BCUT2D eigenvalue weighted by atomic mass is 10.0. The number of carbonyl (C=O) groups is 2. The van der Waals surface area contributed by atoms with Crippen molar-refractivity contribution in [2.45, 2.75) is 25.8 Å². The van der Waals surface area contributed by atoms with Crippen molar-refractivity contribution in [2.75, 3.05) is 20.8 Å². The zero-order valence-corrected chi connectivity index (χ0v) is 17.0. The van der Waals surface area contributed by atoms with Crippen LogP contribution in [-0.2, 0) is 14.3 Å². The van der Waals surface area contributed by atoms with Crippen LogP contribution < -0.4 is 14.8 Å². The number of hydrogen-bond donors (Lipinski definition) is 1. The molecule has 1 atom stereocenters. The minimum absolute atomic E-state index is 0.105. The van der Waals surface area contributed by atoms with E-state index in [1.54, 1.807) is 31.4 Å². The van der Waals surface area contributed by atoms with Gasteiger partial charge in [0.25, 0.3) is 5.91 Å². The van der Waals surface area contributed by atoms with Crippen molar-refractivity contribution in [3.05, 3.63) is 65.7 Å². The molecule has 2 rings (SSSR count). The highest BCUT2D eigenvalue weighted by Gasteiger charge is 2.14. The van der Waals surface area contributed by atoms with Crippen molar-refractivity contribution in [3.63, 3.8) is 0 Å². The van der Waals surface area contributed by atoms with Crippen molar-refractivity contribution in [3.8, 4) is 11.5 Å². The summed E-state index contributed by atoms with van der Waals surface area (Å²) < 4.78 is 15.5. The second-order valence-electron chi connectivity index (χ2n) is 6.37. The fourth-order valence-electron chi connectivity index (χ4n) is 2.83. The van der Waals surface area contributed by atoms with Crippen LogP contribution in [0.4, 0.5) is 0 Å². The van der Waals surface area contributed by atoms with Gasteiger partial charge in [0, 0.05) is 17.7 Å². The zero-order valence-electron chi connectivity index (χ0n) is 17.0. The molecule has 2 aromatic carbocycles. The number of carbonyl (C=O) groups excluding carboxylic acids is 2. The van der Waals surface area contributed by atoms with Crippen LogP contribution in [0, 0.1) is 0 Å². The molecule has 0 saturated carbocycles. The molecule has 1 unspecified atom stereocenters. The third-order valence-corrected chi connectivity index (χ3v) is 4.30. The van der Waals surface area contributed by atoms with Crippen molar-refractivity contribution in [2.24, 2.45) is 0 Å². The maximum absolute atomic E-state index is 12.2. The number of hydrogen-bond acceptors (Lipinski definition) is 5. The Morgan fingerprint density at radius 1 is 1.07 bits per heavy atom. The predicted octanol–water partition coefficient (Wildman–Crippen LogP) is 3.92. The Bertz CT molecular complexity index is 832. The average Bonchev–Trinajstić information content (AvgIpc) is 2.76. The van der Waals surface area contributed by atoms with E-state index in [0.717, 1.165) is 18.4 Å². The monoisotopic (exact) mass is 397 g/mol. The van der Waals surface area contributed by atoms with E-state index < -0.39 is 5.97 Å². The Morgan fingerprint density at radius 2 is 1.83 bits per heavy atom. The number of esters is 1. The molecule has 1 N–H and O–H groups in total.